The molecule has 0 radical (unpaired) electrons. The van der Waals surface area contributed by atoms with Crippen LogP contribution >= 0.6 is 0 Å². The van der Waals surface area contributed by atoms with Crippen LogP contribution in [0.5, 0.6) is 0 Å². The summed E-state index contributed by atoms with van der Waals surface area (Å²) in [5, 5.41) is 2.86. The van der Waals surface area contributed by atoms with Gasteiger partial charge in [0.05, 0.1) is 18.1 Å². The predicted octanol–water partition coefficient (Wildman–Crippen LogP) is 1.70. The van der Waals surface area contributed by atoms with E-state index in [-0.39, 0.29) is 10.8 Å². The molecular weight excluding hydrogens is 390 g/mol. The van der Waals surface area contributed by atoms with Crippen LogP contribution in [0.15, 0.2) is 53.4 Å². The number of nitrogens with one attached hydrogen (secondary N) is 1. The van der Waals surface area contributed by atoms with Crippen molar-refractivity contribution in [2.45, 2.75) is 18.0 Å². The molecule has 8 heteroatoms. The smallest absolute Gasteiger partial charge is 0.251 e. The fourth-order valence-electron chi connectivity index (χ4n) is 3.15. The first-order valence-electron chi connectivity index (χ1n) is 9.55. The molecule has 3 rings (SSSR count). The summed E-state index contributed by atoms with van der Waals surface area (Å²) in [6.07, 6.45) is 0. The van der Waals surface area contributed by atoms with E-state index in [0.29, 0.717) is 38.4 Å². The van der Waals surface area contributed by atoms with E-state index < -0.39 is 10.0 Å². The summed E-state index contributed by atoms with van der Waals surface area (Å²) in [4.78, 5) is 14.8. The number of amides is 1. The van der Waals surface area contributed by atoms with Crippen LogP contribution in [0.25, 0.3) is 0 Å². The van der Waals surface area contributed by atoms with Crippen molar-refractivity contribution in [3.63, 3.8) is 0 Å². The number of carbonyl (C=O) groups excluding carboxylic acids is 1. The van der Waals surface area contributed by atoms with Crippen molar-refractivity contribution in [2.75, 3.05) is 40.4 Å². The van der Waals surface area contributed by atoms with Gasteiger partial charge in [-0.05, 0) is 43.4 Å². The Hall–Kier alpha value is -2.26. The van der Waals surface area contributed by atoms with E-state index in [1.807, 2.05) is 38.4 Å². The molecule has 0 saturated carbocycles. The number of rotatable bonds is 7. The molecule has 0 aromatic heterocycles. The third-order valence-electron chi connectivity index (χ3n) is 4.68. The maximum Gasteiger partial charge on any atom is 0.251 e. The molecule has 7 nitrogen and oxygen atoms in total. The van der Waals surface area contributed by atoms with Crippen LogP contribution in [0.4, 0.5) is 0 Å². The highest BCUT2D eigenvalue weighted by Gasteiger charge is 2.26. The normalized spacial score (nSPS) is 15.4. The van der Waals surface area contributed by atoms with Crippen LogP contribution in [0.1, 0.15) is 21.5 Å². The number of sulfonamides is 1. The van der Waals surface area contributed by atoms with E-state index in [4.69, 9.17) is 4.74 Å². The Morgan fingerprint density at radius 2 is 1.72 bits per heavy atom. The van der Waals surface area contributed by atoms with Crippen LogP contribution in [0, 0.1) is 0 Å². The predicted molar refractivity (Wildman–Crippen MR) is 111 cm³/mol. The van der Waals surface area contributed by atoms with Gasteiger partial charge in [0.25, 0.3) is 5.91 Å². The summed E-state index contributed by atoms with van der Waals surface area (Å²) in [6, 6.07) is 14.2. The highest BCUT2D eigenvalue weighted by Crippen LogP contribution is 2.18. The third-order valence-corrected chi connectivity index (χ3v) is 6.57. The number of nitrogens with zero attached hydrogens (tertiary/aromatic N) is 2. The average Bonchev–Trinajstić information content (AvgIpc) is 2.73. The van der Waals surface area contributed by atoms with Crippen molar-refractivity contribution in [1.29, 1.82) is 0 Å². The number of benzene rings is 2. The third kappa shape index (κ3) is 5.63. The molecule has 0 unspecified atom stereocenters. The first-order valence-corrected chi connectivity index (χ1v) is 11.0. The van der Waals surface area contributed by atoms with Gasteiger partial charge < -0.3 is 15.0 Å². The number of ether oxygens (including phenoxy) is 1. The second-order valence-corrected chi connectivity index (χ2v) is 9.22. The van der Waals surface area contributed by atoms with Crippen molar-refractivity contribution in [3.05, 3.63) is 65.2 Å². The Labute approximate surface area is 172 Å². The molecule has 1 N–H and O–H groups in total. The van der Waals surface area contributed by atoms with Gasteiger partial charge in [0.15, 0.2) is 0 Å². The first kappa shape index (κ1) is 21.4. The standard InChI is InChI=1S/C21H27N3O4S/c1-23(2)16-18-8-6-17(7-9-18)15-22-21(25)19-4-3-5-20(14-19)29(26,27)24-10-12-28-13-11-24/h3-9,14H,10-13,15-16H2,1-2H3,(H,22,25). The maximum absolute atomic E-state index is 12.8. The second kappa shape index (κ2) is 9.49. The molecule has 0 spiro atoms. The molecule has 29 heavy (non-hydrogen) atoms. The summed E-state index contributed by atoms with van der Waals surface area (Å²) in [5.74, 6) is -0.304. The van der Waals surface area contributed by atoms with E-state index >= 15 is 0 Å². The Balaban J connectivity index is 1.65. The fraction of sp³-hybridized carbons (Fsp3) is 0.381. The van der Waals surface area contributed by atoms with Gasteiger partial charge in [0, 0.05) is 31.7 Å². The molecule has 1 fully saturated rings. The molecule has 1 aliphatic rings. The number of hydrogen-bond donors (Lipinski definition) is 1. The van der Waals surface area contributed by atoms with Crippen LogP contribution in [-0.4, -0.2) is 63.9 Å². The molecule has 1 aliphatic heterocycles. The Bertz CT molecular complexity index is 937. The molecular formula is C21H27N3O4S. The van der Waals surface area contributed by atoms with Crippen LogP contribution in [0.2, 0.25) is 0 Å². The topological polar surface area (TPSA) is 79.0 Å². The minimum absolute atomic E-state index is 0.125. The van der Waals surface area contributed by atoms with E-state index in [2.05, 4.69) is 10.2 Å². The second-order valence-electron chi connectivity index (χ2n) is 7.28. The fourth-order valence-corrected chi connectivity index (χ4v) is 4.60. The van der Waals surface area contributed by atoms with Gasteiger partial charge >= 0.3 is 0 Å². The highest BCUT2D eigenvalue weighted by molar-refractivity contribution is 7.89. The minimum Gasteiger partial charge on any atom is -0.379 e. The van der Waals surface area contributed by atoms with Crippen molar-refractivity contribution in [3.8, 4) is 0 Å². The molecule has 156 valence electrons. The zero-order chi connectivity index (χ0) is 20.9. The van der Waals surface area contributed by atoms with E-state index in [1.54, 1.807) is 12.1 Å². The minimum atomic E-state index is -3.63. The van der Waals surface area contributed by atoms with E-state index in [1.165, 1.54) is 22.0 Å². The first-order chi connectivity index (χ1) is 13.9. The summed E-state index contributed by atoms with van der Waals surface area (Å²) in [6.45, 7) is 2.64. The Morgan fingerprint density at radius 3 is 2.38 bits per heavy atom. The van der Waals surface area contributed by atoms with Gasteiger partial charge in [-0.2, -0.15) is 4.31 Å². The Kier molecular flexibility index (Phi) is 7.02. The molecule has 2 aromatic rings. The van der Waals surface area contributed by atoms with Gasteiger partial charge in [-0.15, -0.1) is 0 Å². The van der Waals surface area contributed by atoms with Gasteiger partial charge in [0.2, 0.25) is 10.0 Å². The monoisotopic (exact) mass is 417 g/mol. The van der Waals surface area contributed by atoms with Gasteiger partial charge in [-0.1, -0.05) is 30.3 Å². The van der Waals surface area contributed by atoms with Crippen LogP contribution in [-0.2, 0) is 27.8 Å². The zero-order valence-corrected chi connectivity index (χ0v) is 17.6. The molecule has 0 atom stereocenters. The molecule has 1 heterocycles. The van der Waals surface area contributed by atoms with Crippen molar-refractivity contribution in [1.82, 2.24) is 14.5 Å². The highest BCUT2D eigenvalue weighted by atomic mass is 32.2. The number of morpholine rings is 1. The molecule has 0 aliphatic carbocycles. The maximum atomic E-state index is 12.8. The lowest BCUT2D eigenvalue weighted by Crippen LogP contribution is -2.40. The number of carbonyl (C=O) groups is 1. The van der Waals surface area contributed by atoms with Gasteiger partial charge in [-0.25, -0.2) is 8.42 Å². The SMILES string of the molecule is CN(C)Cc1ccc(CNC(=O)c2cccc(S(=O)(=O)N3CCOCC3)c2)cc1. The molecule has 0 bridgehead atoms. The van der Waals surface area contributed by atoms with E-state index in [9.17, 15) is 13.2 Å². The van der Waals surface area contributed by atoms with Crippen molar-refractivity contribution in [2.24, 2.45) is 0 Å². The summed E-state index contributed by atoms with van der Waals surface area (Å²) in [5.41, 5.74) is 2.51. The quantitative estimate of drug-likeness (QED) is 0.742. The van der Waals surface area contributed by atoms with Gasteiger partial charge in [-0.3, -0.25) is 4.79 Å². The number of hydrogen-bond acceptors (Lipinski definition) is 5. The average molecular weight is 418 g/mol. The lowest BCUT2D eigenvalue weighted by Gasteiger charge is -2.26. The van der Waals surface area contributed by atoms with Crippen molar-refractivity contribution >= 4 is 15.9 Å². The summed E-state index contributed by atoms with van der Waals surface area (Å²) < 4.78 is 32.2. The van der Waals surface area contributed by atoms with E-state index in [0.717, 1.165) is 12.1 Å². The van der Waals surface area contributed by atoms with Gasteiger partial charge in [0.1, 0.15) is 0 Å². The lowest BCUT2D eigenvalue weighted by molar-refractivity contribution is 0.0730. The van der Waals surface area contributed by atoms with Crippen LogP contribution < -0.4 is 5.32 Å². The zero-order valence-electron chi connectivity index (χ0n) is 16.8. The summed E-state index contributed by atoms with van der Waals surface area (Å²) in [7, 11) is 0.400. The largest absolute Gasteiger partial charge is 0.379 e. The summed E-state index contributed by atoms with van der Waals surface area (Å²) >= 11 is 0. The Morgan fingerprint density at radius 1 is 1.07 bits per heavy atom. The lowest BCUT2D eigenvalue weighted by atomic mass is 10.1. The van der Waals surface area contributed by atoms with Crippen molar-refractivity contribution < 1.29 is 17.9 Å². The molecule has 1 saturated heterocycles. The molecule has 2 aromatic carbocycles. The molecule has 1 amide bonds. The van der Waals surface area contributed by atoms with Crippen LogP contribution in [0.3, 0.4) is 0 Å².